The Hall–Kier alpha value is -4.65. The van der Waals surface area contributed by atoms with Gasteiger partial charge in [0.15, 0.2) is 24.0 Å². The van der Waals surface area contributed by atoms with Gasteiger partial charge in [-0.05, 0) is 36.6 Å². The zero-order valence-electron chi connectivity index (χ0n) is 22.5. The Balaban J connectivity index is 1.36. The number of halogens is 2. The average molecular weight is 581 g/mol. The van der Waals surface area contributed by atoms with E-state index in [-0.39, 0.29) is 29.8 Å². The minimum Gasteiger partial charge on any atom is -0.476 e. The number of carbonyl (C=O) groups is 2. The first-order valence-electron chi connectivity index (χ1n) is 12.4. The van der Waals surface area contributed by atoms with Gasteiger partial charge in [-0.25, -0.2) is 23.2 Å². The minimum absolute atomic E-state index is 0.00893. The lowest BCUT2D eigenvalue weighted by atomic mass is 9.92. The predicted molar refractivity (Wildman–Crippen MR) is 151 cm³/mol. The van der Waals surface area contributed by atoms with Gasteiger partial charge in [-0.2, -0.15) is 5.10 Å². The molecule has 1 aliphatic heterocycles. The number of pyridine rings is 1. The van der Waals surface area contributed by atoms with Gasteiger partial charge in [-0.1, -0.05) is 20.8 Å². The van der Waals surface area contributed by atoms with Crippen LogP contribution in [0.3, 0.4) is 0 Å². The molecule has 4 aromatic rings. The van der Waals surface area contributed by atoms with E-state index in [1.807, 2.05) is 27.0 Å². The summed E-state index contributed by atoms with van der Waals surface area (Å²) in [6.07, 6.45) is 3.34. The highest BCUT2D eigenvalue weighted by atomic mass is 32.2. The van der Waals surface area contributed by atoms with Crippen molar-refractivity contribution in [3.63, 3.8) is 0 Å². The largest absolute Gasteiger partial charge is 0.476 e. The summed E-state index contributed by atoms with van der Waals surface area (Å²) in [6, 6.07) is 10.9. The number of ether oxygens (including phenoxy) is 2. The van der Waals surface area contributed by atoms with Crippen LogP contribution in [0, 0.1) is 11.6 Å². The van der Waals surface area contributed by atoms with Gasteiger partial charge in [0.25, 0.3) is 5.91 Å². The van der Waals surface area contributed by atoms with Crippen molar-refractivity contribution < 1.29 is 27.8 Å². The van der Waals surface area contributed by atoms with E-state index in [2.05, 4.69) is 26.0 Å². The number of amides is 3. The van der Waals surface area contributed by atoms with Crippen molar-refractivity contribution in [1.82, 2.24) is 14.8 Å². The van der Waals surface area contributed by atoms with E-state index >= 15 is 0 Å². The van der Waals surface area contributed by atoms with Gasteiger partial charge in [-0.15, -0.1) is 11.8 Å². The highest BCUT2D eigenvalue weighted by molar-refractivity contribution is 7.98. The highest BCUT2D eigenvalue weighted by Crippen LogP contribution is 2.39. The fraction of sp³-hybridized carbons (Fsp3) is 0.214. The summed E-state index contributed by atoms with van der Waals surface area (Å²) in [4.78, 5) is 29.5. The molecule has 13 heteroatoms. The molecular formula is C28H26F2N6O4S. The van der Waals surface area contributed by atoms with Crippen LogP contribution in [0.4, 0.5) is 30.9 Å². The molecule has 0 saturated heterocycles. The van der Waals surface area contributed by atoms with Crippen molar-refractivity contribution in [3.05, 3.63) is 72.1 Å². The maximum atomic E-state index is 14.6. The lowest BCUT2D eigenvalue weighted by Crippen LogP contribution is -2.26. The smallest absolute Gasteiger partial charge is 0.324 e. The minimum atomic E-state index is -0.819. The molecule has 0 fully saturated rings. The first-order valence-corrected chi connectivity index (χ1v) is 13.7. The van der Waals surface area contributed by atoms with E-state index < -0.39 is 23.1 Å². The zero-order valence-corrected chi connectivity index (χ0v) is 23.4. The molecule has 10 nitrogen and oxygen atoms in total. The van der Waals surface area contributed by atoms with Crippen LogP contribution in [-0.2, 0) is 10.2 Å². The number of nitrogens with one attached hydrogen (secondary N) is 3. The molecule has 0 radical (unpaired) electrons. The predicted octanol–water partition coefficient (Wildman–Crippen LogP) is 6.33. The summed E-state index contributed by atoms with van der Waals surface area (Å²) in [5.41, 5.74) is 0.689. The van der Waals surface area contributed by atoms with Gasteiger partial charge in [-0.3, -0.25) is 10.1 Å². The zero-order chi connectivity index (χ0) is 29.3. The molecule has 0 aliphatic carbocycles. The number of anilines is 3. The SMILES string of the molecule is CSc1cc(Oc2ccnc3c2OCC(=O)N3)ccc1NC(=O)Nc1cc(C(C)(C)C)nn1-c1ccc(F)cc1F. The van der Waals surface area contributed by atoms with Gasteiger partial charge in [0, 0.05) is 34.7 Å². The molecule has 0 unspecified atom stereocenters. The Kier molecular flexibility index (Phi) is 7.54. The molecule has 0 spiro atoms. The number of nitrogens with zero attached hydrogens (tertiary/aromatic N) is 3. The molecule has 3 heterocycles. The van der Waals surface area contributed by atoms with Crippen molar-refractivity contribution in [2.45, 2.75) is 31.1 Å². The van der Waals surface area contributed by atoms with Crippen LogP contribution < -0.4 is 25.4 Å². The number of carbonyl (C=O) groups excluding carboxylic acids is 2. The Labute approximate surface area is 238 Å². The fourth-order valence-corrected chi connectivity index (χ4v) is 4.53. The Morgan fingerprint density at radius 3 is 2.66 bits per heavy atom. The number of hydrogen-bond donors (Lipinski definition) is 3. The monoisotopic (exact) mass is 580 g/mol. The van der Waals surface area contributed by atoms with E-state index in [0.717, 1.165) is 12.1 Å². The molecule has 3 N–H and O–H groups in total. The standard InChI is InChI=1S/C28H26F2N6O4S/c1-28(2,3)22-13-23(36(35-22)19-8-5-15(29)11-17(19)30)33-27(38)32-18-7-6-16(12-21(18)41-4)40-20-9-10-31-26-25(20)39-14-24(37)34-26/h5-13H,14H2,1-4H3,(H,31,34,37)(H2,32,33,38). The first-order chi connectivity index (χ1) is 19.5. The Bertz CT molecular complexity index is 1650. The quantitative estimate of drug-likeness (QED) is 0.228. The van der Waals surface area contributed by atoms with Gasteiger partial charge in [0.1, 0.15) is 23.1 Å². The molecule has 5 rings (SSSR count). The summed E-state index contributed by atoms with van der Waals surface area (Å²) < 4.78 is 40.9. The van der Waals surface area contributed by atoms with Crippen LogP contribution in [0.25, 0.3) is 5.69 Å². The second-order valence-corrected chi connectivity index (χ2v) is 10.9. The van der Waals surface area contributed by atoms with Crippen molar-refractivity contribution >= 4 is 41.0 Å². The second kappa shape index (κ2) is 11.1. The first kappa shape index (κ1) is 27.9. The van der Waals surface area contributed by atoms with Crippen molar-refractivity contribution in [2.75, 3.05) is 28.8 Å². The topological polar surface area (TPSA) is 119 Å². The fourth-order valence-electron chi connectivity index (χ4n) is 3.95. The maximum Gasteiger partial charge on any atom is 0.324 e. The summed E-state index contributed by atoms with van der Waals surface area (Å²) in [6.45, 7) is 5.65. The summed E-state index contributed by atoms with van der Waals surface area (Å²) in [5.74, 6) is -0.205. The Morgan fingerprint density at radius 2 is 1.93 bits per heavy atom. The van der Waals surface area contributed by atoms with E-state index in [9.17, 15) is 18.4 Å². The molecule has 0 atom stereocenters. The van der Waals surface area contributed by atoms with Gasteiger partial charge < -0.3 is 20.1 Å². The van der Waals surface area contributed by atoms with Crippen LogP contribution in [0.2, 0.25) is 0 Å². The average Bonchev–Trinajstić information content (AvgIpc) is 3.33. The molecule has 2 aromatic carbocycles. The Morgan fingerprint density at radius 1 is 1.12 bits per heavy atom. The number of hydrogen-bond acceptors (Lipinski definition) is 7. The highest BCUT2D eigenvalue weighted by Gasteiger charge is 2.24. The third-order valence-corrected chi connectivity index (χ3v) is 6.76. The summed E-state index contributed by atoms with van der Waals surface area (Å²) >= 11 is 1.38. The molecule has 41 heavy (non-hydrogen) atoms. The van der Waals surface area contributed by atoms with Crippen LogP contribution in [0.1, 0.15) is 26.5 Å². The van der Waals surface area contributed by atoms with E-state index in [1.54, 1.807) is 30.3 Å². The van der Waals surface area contributed by atoms with Gasteiger partial charge in [0.05, 0.1) is 11.4 Å². The van der Waals surface area contributed by atoms with Gasteiger partial charge >= 0.3 is 6.03 Å². The summed E-state index contributed by atoms with van der Waals surface area (Å²) in [7, 11) is 0. The lowest BCUT2D eigenvalue weighted by molar-refractivity contribution is -0.118. The molecule has 2 aromatic heterocycles. The third-order valence-electron chi connectivity index (χ3n) is 5.98. The molecule has 212 valence electrons. The molecular weight excluding hydrogens is 554 g/mol. The van der Waals surface area contributed by atoms with E-state index in [1.165, 1.54) is 28.7 Å². The molecule has 3 amide bonds. The number of aromatic nitrogens is 3. The van der Waals surface area contributed by atoms with Crippen LogP contribution in [0.15, 0.2) is 59.6 Å². The maximum absolute atomic E-state index is 14.6. The molecule has 0 bridgehead atoms. The second-order valence-electron chi connectivity index (χ2n) is 10.0. The van der Waals surface area contributed by atoms with E-state index in [4.69, 9.17) is 9.47 Å². The molecule has 1 aliphatic rings. The molecule has 0 saturated carbocycles. The number of benzene rings is 2. The number of urea groups is 1. The van der Waals surface area contributed by atoms with Crippen LogP contribution >= 0.6 is 11.8 Å². The lowest BCUT2D eigenvalue weighted by Gasteiger charge is -2.19. The van der Waals surface area contributed by atoms with Crippen molar-refractivity contribution in [3.8, 4) is 22.9 Å². The number of fused-ring (bicyclic) bond motifs is 1. The van der Waals surface area contributed by atoms with Crippen LogP contribution in [0.5, 0.6) is 17.2 Å². The van der Waals surface area contributed by atoms with Gasteiger partial charge in [0.2, 0.25) is 5.75 Å². The summed E-state index contributed by atoms with van der Waals surface area (Å²) in [5, 5.41) is 12.6. The van der Waals surface area contributed by atoms with E-state index in [0.29, 0.717) is 33.5 Å². The van der Waals surface area contributed by atoms with Crippen molar-refractivity contribution in [2.24, 2.45) is 0 Å². The number of rotatable bonds is 6. The third kappa shape index (κ3) is 6.09. The number of thioether (sulfide) groups is 1. The van der Waals surface area contributed by atoms with Crippen molar-refractivity contribution in [1.29, 1.82) is 0 Å². The normalized spacial score (nSPS) is 12.7. The van der Waals surface area contributed by atoms with Crippen LogP contribution in [-0.4, -0.2) is 39.6 Å².